The highest BCUT2D eigenvalue weighted by molar-refractivity contribution is 7.97. The van der Waals surface area contributed by atoms with Crippen molar-refractivity contribution >= 4 is 23.5 Å². The lowest BCUT2D eigenvalue weighted by Gasteiger charge is -2.10. The minimum atomic E-state index is 0.123. The van der Waals surface area contributed by atoms with Gasteiger partial charge in [-0.25, -0.2) is 0 Å². The summed E-state index contributed by atoms with van der Waals surface area (Å²) in [7, 11) is 0. The minimum absolute atomic E-state index is 0.123. The van der Waals surface area contributed by atoms with E-state index in [0.29, 0.717) is 6.42 Å². The largest absolute Gasteiger partial charge is 0.326 e. The van der Waals surface area contributed by atoms with Gasteiger partial charge in [0.15, 0.2) is 0 Å². The quantitative estimate of drug-likeness (QED) is 0.804. The molecule has 0 unspecified atom stereocenters. The zero-order valence-electron chi connectivity index (χ0n) is 13.4. The van der Waals surface area contributed by atoms with Crippen molar-refractivity contribution in [1.82, 2.24) is 4.72 Å². The van der Waals surface area contributed by atoms with Crippen LogP contribution >= 0.6 is 11.9 Å². The SMILES string of the molecule is CCc1ccc(CNSc2ccc3c(c2)CCCC(=O)N3)cc1. The van der Waals surface area contributed by atoms with Crippen molar-refractivity contribution in [3.8, 4) is 0 Å². The van der Waals surface area contributed by atoms with Crippen molar-refractivity contribution in [2.45, 2.75) is 44.0 Å². The molecule has 0 bridgehead atoms. The predicted octanol–water partition coefficient (Wildman–Crippen LogP) is 4.32. The first-order chi connectivity index (χ1) is 11.2. The first kappa shape index (κ1) is 16.1. The molecule has 0 spiro atoms. The maximum atomic E-state index is 11.6. The molecule has 0 aromatic heterocycles. The summed E-state index contributed by atoms with van der Waals surface area (Å²) in [4.78, 5) is 12.8. The Balaban J connectivity index is 1.58. The van der Waals surface area contributed by atoms with Crippen LogP contribution in [0.15, 0.2) is 47.4 Å². The Morgan fingerprint density at radius 2 is 1.87 bits per heavy atom. The molecule has 0 atom stereocenters. The van der Waals surface area contributed by atoms with Crippen LogP contribution in [0.4, 0.5) is 5.69 Å². The number of carbonyl (C=O) groups excluding carboxylic acids is 1. The molecule has 0 saturated heterocycles. The fourth-order valence-electron chi connectivity index (χ4n) is 2.71. The van der Waals surface area contributed by atoms with Crippen molar-refractivity contribution in [2.24, 2.45) is 0 Å². The van der Waals surface area contributed by atoms with Crippen LogP contribution in [0.25, 0.3) is 0 Å². The van der Waals surface area contributed by atoms with Crippen LogP contribution in [-0.4, -0.2) is 5.91 Å². The van der Waals surface area contributed by atoms with Gasteiger partial charge in [-0.05, 0) is 66.1 Å². The molecule has 2 N–H and O–H groups in total. The number of rotatable bonds is 5. The summed E-state index contributed by atoms with van der Waals surface area (Å²) < 4.78 is 3.42. The van der Waals surface area contributed by atoms with Crippen molar-refractivity contribution in [2.75, 3.05) is 5.32 Å². The molecule has 0 fully saturated rings. The summed E-state index contributed by atoms with van der Waals surface area (Å²) in [5.74, 6) is 0.123. The van der Waals surface area contributed by atoms with Crippen LogP contribution in [0.1, 0.15) is 36.5 Å². The normalized spacial score (nSPS) is 14.0. The average Bonchev–Trinajstić information content (AvgIpc) is 2.76. The fourth-order valence-corrected chi connectivity index (χ4v) is 3.45. The molecule has 1 aliphatic rings. The van der Waals surface area contributed by atoms with Gasteiger partial charge in [0.2, 0.25) is 5.91 Å². The van der Waals surface area contributed by atoms with Gasteiger partial charge in [-0.3, -0.25) is 9.52 Å². The minimum Gasteiger partial charge on any atom is -0.326 e. The number of fused-ring (bicyclic) bond motifs is 1. The average molecular weight is 326 g/mol. The van der Waals surface area contributed by atoms with Crippen LogP contribution in [0.3, 0.4) is 0 Å². The van der Waals surface area contributed by atoms with Gasteiger partial charge in [0.1, 0.15) is 0 Å². The van der Waals surface area contributed by atoms with Crippen molar-refractivity contribution in [1.29, 1.82) is 0 Å². The molecule has 4 heteroatoms. The van der Waals surface area contributed by atoms with E-state index in [-0.39, 0.29) is 5.91 Å². The Kier molecular flexibility index (Phi) is 5.36. The summed E-state index contributed by atoms with van der Waals surface area (Å²) in [6.45, 7) is 3.01. The molecular formula is C19H22N2OS. The van der Waals surface area contributed by atoms with Crippen molar-refractivity contribution in [3.05, 3.63) is 59.2 Å². The molecule has 2 aromatic rings. The molecule has 120 valence electrons. The van der Waals surface area contributed by atoms with Crippen molar-refractivity contribution < 1.29 is 4.79 Å². The van der Waals surface area contributed by atoms with Gasteiger partial charge in [0.05, 0.1) is 0 Å². The molecular weight excluding hydrogens is 304 g/mol. The zero-order valence-corrected chi connectivity index (χ0v) is 14.2. The van der Waals surface area contributed by atoms with Gasteiger partial charge in [0.25, 0.3) is 0 Å². The number of aryl methyl sites for hydroxylation is 2. The summed E-state index contributed by atoms with van der Waals surface area (Å²) in [5.41, 5.74) is 4.85. The molecule has 1 aliphatic heterocycles. The Hall–Kier alpha value is -1.78. The van der Waals surface area contributed by atoms with Gasteiger partial charge in [-0.2, -0.15) is 0 Å². The Morgan fingerprint density at radius 3 is 2.65 bits per heavy atom. The Morgan fingerprint density at radius 1 is 1.09 bits per heavy atom. The zero-order chi connectivity index (χ0) is 16.1. The lowest BCUT2D eigenvalue weighted by atomic mass is 10.1. The van der Waals surface area contributed by atoms with E-state index in [1.165, 1.54) is 21.6 Å². The Labute approximate surface area is 142 Å². The van der Waals surface area contributed by atoms with Crippen LogP contribution in [0, 0.1) is 0 Å². The number of nitrogens with one attached hydrogen (secondary N) is 2. The van der Waals surface area contributed by atoms with E-state index in [9.17, 15) is 4.79 Å². The Bertz CT molecular complexity index is 682. The van der Waals surface area contributed by atoms with E-state index in [2.05, 4.69) is 53.4 Å². The summed E-state index contributed by atoms with van der Waals surface area (Å²) in [6.07, 6.45) is 3.57. The van der Waals surface area contributed by atoms with Gasteiger partial charge < -0.3 is 5.32 Å². The number of hydrogen-bond donors (Lipinski definition) is 2. The van der Waals surface area contributed by atoms with E-state index in [1.54, 1.807) is 11.9 Å². The third-order valence-corrected chi connectivity index (χ3v) is 4.88. The standard InChI is InChI=1S/C19H22N2OS/c1-2-14-6-8-15(9-7-14)13-20-23-17-10-11-18-16(12-17)4-3-5-19(22)21-18/h6-12,20H,2-5,13H2,1H3,(H,21,22). The highest BCUT2D eigenvalue weighted by Crippen LogP contribution is 2.27. The molecule has 2 aromatic carbocycles. The summed E-state index contributed by atoms with van der Waals surface area (Å²) >= 11 is 1.64. The van der Waals surface area contributed by atoms with Gasteiger partial charge in [-0.1, -0.05) is 31.2 Å². The molecule has 1 amide bonds. The van der Waals surface area contributed by atoms with E-state index < -0.39 is 0 Å². The molecule has 23 heavy (non-hydrogen) atoms. The van der Waals surface area contributed by atoms with Gasteiger partial charge >= 0.3 is 0 Å². The number of carbonyl (C=O) groups is 1. The third-order valence-electron chi connectivity index (χ3n) is 4.10. The first-order valence-corrected chi connectivity index (χ1v) is 8.96. The van der Waals surface area contributed by atoms with E-state index in [1.807, 2.05) is 6.07 Å². The van der Waals surface area contributed by atoms with Crippen LogP contribution in [-0.2, 0) is 24.2 Å². The maximum absolute atomic E-state index is 11.6. The number of hydrogen-bond acceptors (Lipinski definition) is 3. The summed E-state index contributed by atoms with van der Waals surface area (Å²) in [6, 6.07) is 15.0. The molecule has 3 nitrogen and oxygen atoms in total. The van der Waals surface area contributed by atoms with E-state index in [0.717, 1.165) is 31.5 Å². The molecule has 0 saturated carbocycles. The summed E-state index contributed by atoms with van der Waals surface area (Å²) in [5, 5.41) is 2.97. The maximum Gasteiger partial charge on any atom is 0.224 e. The van der Waals surface area contributed by atoms with Crippen LogP contribution in [0.2, 0.25) is 0 Å². The highest BCUT2D eigenvalue weighted by atomic mass is 32.2. The molecule has 3 rings (SSSR count). The fraction of sp³-hybridized carbons (Fsp3) is 0.316. The second-order valence-corrected chi connectivity index (χ2v) is 6.78. The van der Waals surface area contributed by atoms with Gasteiger partial charge in [0, 0.05) is 23.5 Å². The molecule has 0 radical (unpaired) electrons. The number of anilines is 1. The highest BCUT2D eigenvalue weighted by Gasteiger charge is 2.13. The van der Waals surface area contributed by atoms with Gasteiger partial charge in [-0.15, -0.1) is 0 Å². The topological polar surface area (TPSA) is 41.1 Å². The predicted molar refractivity (Wildman–Crippen MR) is 96.5 cm³/mol. The second-order valence-electron chi connectivity index (χ2n) is 5.81. The van der Waals surface area contributed by atoms with E-state index >= 15 is 0 Å². The van der Waals surface area contributed by atoms with Crippen LogP contribution in [0.5, 0.6) is 0 Å². The van der Waals surface area contributed by atoms with Crippen LogP contribution < -0.4 is 10.0 Å². The lowest BCUT2D eigenvalue weighted by Crippen LogP contribution is -2.09. The number of amides is 1. The molecule has 0 aliphatic carbocycles. The lowest BCUT2D eigenvalue weighted by molar-refractivity contribution is -0.116. The van der Waals surface area contributed by atoms with Crippen molar-refractivity contribution in [3.63, 3.8) is 0 Å². The number of benzene rings is 2. The molecule has 1 heterocycles. The van der Waals surface area contributed by atoms with E-state index in [4.69, 9.17) is 0 Å². The first-order valence-electron chi connectivity index (χ1n) is 8.15. The third kappa shape index (κ3) is 4.36. The smallest absolute Gasteiger partial charge is 0.224 e. The second kappa shape index (κ2) is 7.66. The monoisotopic (exact) mass is 326 g/mol.